The highest BCUT2D eigenvalue weighted by atomic mass is 16.7. The molecule has 2 aromatic rings. The van der Waals surface area contributed by atoms with Crippen molar-refractivity contribution < 1.29 is 19.6 Å². The van der Waals surface area contributed by atoms with E-state index in [9.17, 15) is 5.11 Å². The molecule has 0 aliphatic carbocycles. The molecule has 138 valence electrons. The van der Waals surface area contributed by atoms with Crippen molar-refractivity contribution in [2.24, 2.45) is 0 Å². The quantitative estimate of drug-likeness (QED) is 0.698. The molecule has 1 aliphatic rings. The third kappa shape index (κ3) is 4.51. The number of aromatic amines is 1. The highest BCUT2D eigenvalue weighted by Gasteiger charge is 2.31. The van der Waals surface area contributed by atoms with E-state index >= 15 is 0 Å². The average molecular weight is 354 g/mol. The second kappa shape index (κ2) is 8.97. The minimum atomic E-state index is -0.511. The molecule has 2 heterocycles. The molecule has 1 aromatic heterocycles. The lowest BCUT2D eigenvalue weighted by molar-refractivity contribution is -0.389. The molecule has 0 fully saturated rings. The fourth-order valence-corrected chi connectivity index (χ4v) is 3.21. The molecule has 0 amide bonds. The van der Waals surface area contributed by atoms with Gasteiger partial charge in [0, 0.05) is 6.92 Å². The van der Waals surface area contributed by atoms with Crippen LogP contribution in [0.3, 0.4) is 0 Å². The van der Waals surface area contributed by atoms with Crippen molar-refractivity contribution in [1.29, 1.82) is 0 Å². The van der Waals surface area contributed by atoms with Gasteiger partial charge in [0.05, 0.1) is 24.3 Å². The number of rotatable bonds is 8. The van der Waals surface area contributed by atoms with Gasteiger partial charge in [0.2, 0.25) is 5.69 Å². The predicted molar refractivity (Wildman–Crippen MR) is 101 cm³/mol. The van der Waals surface area contributed by atoms with Crippen LogP contribution in [0.15, 0.2) is 42.1 Å². The summed E-state index contributed by atoms with van der Waals surface area (Å²) in [6, 6.07) is 10.3. The lowest BCUT2D eigenvalue weighted by atomic mass is 10.0. The number of aromatic hydroxyl groups is 1. The van der Waals surface area contributed by atoms with E-state index in [0.717, 1.165) is 29.7 Å². The van der Waals surface area contributed by atoms with Gasteiger partial charge < -0.3 is 14.6 Å². The van der Waals surface area contributed by atoms with Gasteiger partial charge in [0.25, 0.3) is 0 Å². The first-order valence-corrected chi connectivity index (χ1v) is 9.39. The minimum absolute atomic E-state index is 0.240. The van der Waals surface area contributed by atoms with Crippen LogP contribution in [0.1, 0.15) is 61.3 Å². The summed E-state index contributed by atoms with van der Waals surface area (Å²) < 4.78 is 11.8. The zero-order valence-electron chi connectivity index (χ0n) is 15.6. The first kappa shape index (κ1) is 18.6. The van der Waals surface area contributed by atoms with Crippen LogP contribution in [0, 0.1) is 6.92 Å². The fourth-order valence-electron chi connectivity index (χ4n) is 3.21. The molecule has 0 spiro atoms. The number of benzene rings is 1. The largest absolute Gasteiger partial charge is 0.502 e. The Kier molecular flexibility index (Phi) is 6.42. The van der Waals surface area contributed by atoms with Crippen molar-refractivity contribution in [3.05, 3.63) is 64.5 Å². The molecule has 0 saturated carbocycles. The minimum Gasteiger partial charge on any atom is -0.502 e. The Balaban J connectivity index is 1.71. The van der Waals surface area contributed by atoms with Gasteiger partial charge in [-0.2, -0.15) is 0 Å². The molecule has 4 nitrogen and oxygen atoms in total. The molecule has 1 aromatic carbocycles. The van der Waals surface area contributed by atoms with Gasteiger partial charge >= 0.3 is 0 Å². The highest BCUT2D eigenvalue weighted by molar-refractivity contribution is 5.52. The number of aromatic nitrogens is 1. The van der Waals surface area contributed by atoms with Gasteiger partial charge in [-0.25, -0.2) is 4.98 Å². The number of ether oxygens (including phenoxy) is 2. The van der Waals surface area contributed by atoms with Gasteiger partial charge in [-0.15, -0.1) is 0 Å². The lowest BCUT2D eigenvalue weighted by Crippen LogP contribution is -2.11. The number of H-pyrrole nitrogens is 1. The Morgan fingerprint density at radius 3 is 2.88 bits per heavy atom. The maximum absolute atomic E-state index is 10.4. The van der Waals surface area contributed by atoms with E-state index in [1.807, 2.05) is 31.3 Å². The van der Waals surface area contributed by atoms with Crippen molar-refractivity contribution in [3.8, 4) is 5.75 Å². The van der Waals surface area contributed by atoms with Crippen LogP contribution in [0.25, 0.3) is 6.08 Å². The third-order valence-electron chi connectivity index (χ3n) is 4.74. The number of pyridine rings is 1. The topological polar surface area (TPSA) is 52.8 Å². The Morgan fingerprint density at radius 2 is 2.12 bits per heavy atom. The first-order valence-electron chi connectivity index (χ1n) is 9.39. The maximum Gasteiger partial charge on any atom is 0.219 e. The predicted octanol–water partition coefficient (Wildman–Crippen LogP) is 4.72. The van der Waals surface area contributed by atoms with E-state index < -0.39 is 6.29 Å². The van der Waals surface area contributed by atoms with E-state index in [1.54, 1.807) is 0 Å². The summed E-state index contributed by atoms with van der Waals surface area (Å²) in [6.07, 6.45) is 8.15. The molecule has 1 atom stereocenters. The van der Waals surface area contributed by atoms with Gasteiger partial charge in [0.15, 0.2) is 18.2 Å². The first-order chi connectivity index (χ1) is 12.7. The summed E-state index contributed by atoms with van der Waals surface area (Å²) >= 11 is 0. The molecule has 0 bridgehead atoms. The third-order valence-corrected chi connectivity index (χ3v) is 4.74. The van der Waals surface area contributed by atoms with Crippen molar-refractivity contribution in [1.82, 2.24) is 0 Å². The SMILES string of the molecule is CCCCC/C(=C\c1ccccc1)COC1OCc2c[nH+]c(C)c(O)c21. The Labute approximate surface area is 155 Å². The van der Waals surface area contributed by atoms with Crippen LogP contribution in [-0.2, 0) is 16.1 Å². The van der Waals surface area contributed by atoms with Crippen molar-refractivity contribution in [2.75, 3.05) is 6.61 Å². The number of aryl methyl sites for hydroxylation is 1. The number of nitrogens with one attached hydrogen (secondary N) is 1. The molecule has 2 N–H and O–H groups in total. The number of hydrogen-bond donors (Lipinski definition) is 1. The summed E-state index contributed by atoms with van der Waals surface area (Å²) in [6.45, 7) is 5.01. The van der Waals surface area contributed by atoms with Crippen molar-refractivity contribution >= 4 is 6.08 Å². The van der Waals surface area contributed by atoms with Crippen LogP contribution in [0.2, 0.25) is 0 Å². The zero-order chi connectivity index (χ0) is 18.4. The van der Waals surface area contributed by atoms with Crippen LogP contribution >= 0.6 is 0 Å². The summed E-state index contributed by atoms with van der Waals surface area (Å²) in [5.74, 6) is 0.240. The second-order valence-electron chi connectivity index (χ2n) is 6.83. The van der Waals surface area contributed by atoms with E-state index in [2.05, 4.69) is 30.1 Å². The Hall–Kier alpha value is -2.17. The molecule has 3 rings (SSSR count). The number of unbranched alkanes of at least 4 members (excludes halogenated alkanes) is 2. The molecular weight excluding hydrogens is 326 g/mol. The lowest BCUT2D eigenvalue weighted by Gasteiger charge is -2.15. The number of hydrogen-bond acceptors (Lipinski definition) is 3. The Bertz CT molecular complexity index is 755. The van der Waals surface area contributed by atoms with Gasteiger partial charge in [-0.3, -0.25) is 0 Å². The average Bonchev–Trinajstić information content (AvgIpc) is 3.07. The van der Waals surface area contributed by atoms with Crippen LogP contribution in [0.4, 0.5) is 0 Å². The van der Waals surface area contributed by atoms with E-state index in [4.69, 9.17) is 9.47 Å². The summed E-state index contributed by atoms with van der Waals surface area (Å²) in [5, 5.41) is 10.4. The standard InChI is InChI=1S/C22H27NO3/c1-3-4-6-11-18(12-17-9-7-5-8-10-17)14-25-22-20-19(15-26-22)13-23-16(2)21(20)24/h5,7-10,12-13,22,24H,3-4,6,11,14-15H2,1-2H3/p+1/b18-12+. The smallest absolute Gasteiger partial charge is 0.219 e. The van der Waals surface area contributed by atoms with E-state index in [1.165, 1.54) is 24.0 Å². The molecule has 0 saturated heterocycles. The molecule has 0 radical (unpaired) electrons. The van der Waals surface area contributed by atoms with Crippen LogP contribution < -0.4 is 4.98 Å². The molecule has 1 aliphatic heterocycles. The van der Waals surface area contributed by atoms with E-state index in [-0.39, 0.29) is 5.75 Å². The second-order valence-corrected chi connectivity index (χ2v) is 6.83. The summed E-state index contributed by atoms with van der Waals surface area (Å²) in [7, 11) is 0. The Morgan fingerprint density at radius 1 is 1.31 bits per heavy atom. The fraction of sp³-hybridized carbons (Fsp3) is 0.409. The van der Waals surface area contributed by atoms with Gasteiger partial charge in [-0.1, -0.05) is 56.2 Å². The molecule has 1 unspecified atom stereocenters. The molecule has 26 heavy (non-hydrogen) atoms. The summed E-state index contributed by atoms with van der Waals surface area (Å²) in [4.78, 5) is 3.06. The van der Waals surface area contributed by atoms with Crippen molar-refractivity contribution in [3.63, 3.8) is 0 Å². The van der Waals surface area contributed by atoms with Gasteiger partial charge in [0.1, 0.15) is 0 Å². The molecular formula is C22H28NO3+. The van der Waals surface area contributed by atoms with Crippen LogP contribution in [-0.4, -0.2) is 11.7 Å². The number of fused-ring (bicyclic) bond motifs is 1. The van der Waals surface area contributed by atoms with Gasteiger partial charge in [-0.05, 0) is 24.0 Å². The zero-order valence-corrected chi connectivity index (χ0v) is 15.6. The van der Waals surface area contributed by atoms with E-state index in [0.29, 0.717) is 13.2 Å². The van der Waals surface area contributed by atoms with Crippen molar-refractivity contribution in [2.45, 2.75) is 52.4 Å². The monoisotopic (exact) mass is 354 g/mol. The summed E-state index contributed by atoms with van der Waals surface area (Å²) in [5.41, 5.74) is 4.88. The molecule has 4 heteroatoms. The van der Waals surface area contributed by atoms with Crippen LogP contribution in [0.5, 0.6) is 5.75 Å². The maximum atomic E-state index is 10.4. The normalized spacial score (nSPS) is 16.7. The highest BCUT2D eigenvalue weighted by Crippen LogP contribution is 2.38.